The molecule has 0 aliphatic carbocycles. The molecule has 7 heteroatoms. The Balaban J connectivity index is 2.81. The summed E-state index contributed by atoms with van der Waals surface area (Å²) in [5, 5.41) is 11.0. The second-order valence-corrected chi connectivity index (χ2v) is 4.33. The van der Waals surface area contributed by atoms with Crippen molar-refractivity contribution < 1.29 is 9.31 Å². The highest BCUT2D eigenvalue weighted by molar-refractivity contribution is 6.28. The zero-order valence-electron chi connectivity index (χ0n) is 10.1. The van der Waals surface area contributed by atoms with Gasteiger partial charge in [-0.3, -0.25) is 10.1 Å². The van der Waals surface area contributed by atoms with Crippen LogP contribution in [0.15, 0.2) is 18.2 Å². The summed E-state index contributed by atoms with van der Waals surface area (Å²) >= 11 is 5.73. The van der Waals surface area contributed by atoms with E-state index < -0.39 is 10.7 Å². The Morgan fingerprint density at radius 3 is 2.63 bits per heavy atom. The van der Waals surface area contributed by atoms with E-state index in [0.29, 0.717) is 11.1 Å². The smallest absolute Gasteiger partial charge is 0.258 e. The van der Waals surface area contributed by atoms with Crippen LogP contribution in [0.4, 0.5) is 10.1 Å². The van der Waals surface area contributed by atoms with Crippen molar-refractivity contribution in [2.24, 2.45) is 0 Å². The van der Waals surface area contributed by atoms with E-state index in [-0.39, 0.29) is 22.4 Å². The number of halogens is 2. The number of nitrogens with zero attached hydrogens (tertiary/aromatic N) is 3. The van der Waals surface area contributed by atoms with Gasteiger partial charge in [0.25, 0.3) is 0 Å². The van der Waals surface area contributed by atoms with E-state index in [1.54, 1.807) is 6.92 Å². The summed E-state index contributed by atoms with van der Waals surface area (Å²) in [6.07, 6.45) is 0. The first-order valence-electron chi connectivity index (χ1n) is 5.35. The van der Waals surface area contributed by atoms with Gasteiger partial charge < -0.3 is 0 Å². The lowest BCUT2D eigenvalue weighted by molar-refractivity contribution is -0.385. The van der Waals surface area contributed by atoms with Gasteiger partial charge >= 0.3 is 5.69 Å². The zero-order chi connectivity index (χ0) is 14.2. The maximum Gasteiger partial charge on any atom is 0.316 e. The summed E-state index contributed by atoms with van der Waals surface area (Å²) in [4.78, 5) is 18.1. The van der Waals surface area contributed by atoms with Crippen molar-refractivity contribution in [1.82, 2.24) is 9.97 Å². The normalized spacial score (nSPS) is 10.5. The summed E-state index contributed by atoms with van der Waals surface area (Å²) in [6.45, 7) is 3.17. The van der Waals surface area contributed by atoms with Crippen LogP contribution >= 0.6 is 11.6 Å². The first-order valence-corrected chi connectivity index (χ1v) is 5.73. The van der Waals surface area contributed by atoms with Crippen LogP contribution in [0.2, 0.25) is 5.28 Å². The number of aromatic nitrogens is 2. The Bertz CT molecular complexity index is 676. The van der Waals surface area contributed by atoms with Crippen molar-refractivity contribution in [2.75, 3.05) is 0 Å². The summed E-state index contributed by atoms with van der Waals surface area (Å²) in [5.74, 6) is -0.498. The second kappa shape index (κ2) is 4.89. The van der Waals surface area contributed by atoms with Crippen molar-refractivity contribution in [2.45, 2.75) is 13.8 Å². The van der Waals surface area contributed by atoms with E-state index >= 15 is 0 Å². The maximum atomic E-state index is 13.3. The molecule has 2 aromatic rings. The van der Waals surface area contributed by atoms with Crippen molar-refractivity contribution in [3.05, 3.63) is 50.7 Å². The Hall–Kier alpha value is -2.08. The second-order valence-electron chi connectivity index (χ2n) is 3.99. The third-order valence-electron chi connectivity index (χ3n) is 2.67. The van der Waals surface area contributed by atoms with Gasteiger partial charge in [0, 0.05) is 5.56 Å². The van der Waals surface area contributed by atoms with E-state index in [1.807, 2.05) is 0 Å². The highest BCUT2D eigenvalue weighted by Crippen LogP contribution is 2.33. The Morgan fingerprint density at radius 2 is 2.00 bits per heavy atom. The van der Waals surface area contributed by atoms with Gasteiger partial charge in [0.1, 0.15) is 11.5 Å². The lowest BCUT2D eigenvalue weighted by atomic mass is 10.0. The molecule has 0 fully saturated rings. The van der Waals surface area contributed by atoms with Crippen LogP contribution in [0.3, 0.4) is 0 Å². The van der Waals surface area contributed by atoms with Gasteiger partial charge in [0.2, 0.25) is 5.28 Å². The van der Waals surface area contributed by atoms with Crippen LogP contribution in [0.5, 0.6) is 0 Å². The molecule has 19 heavy (non-hydrogen) atoms. The molecule has 0 amide bonds. The van der Waals surface area contributed by atoms with Crippen molar-refractivity contribution in [1.29, 1.82) is 0 Å². The molecule has 0 aliphatic rings. The van der Waals surface area contributed by atoms with Crippen LogP contribution in [0.1, 0.15) is 11.3 Å². The predicted molar refractivity (Wildman–Crippen MR) is 68.6 cm³/mol. The molecule has 5 nitrogen and oxygen atoms in total. The topological polar surface area (TPSA) is 68.9 Å². The molecule has 98 valence electrons. The molecule has 1 heterocycles. The van der Waals surface area contributed by atoms with Crippen LogP contribution in [-0.2, 0) is 0 Å². The quantitative estimate of drug-likeness (QED) is 0.480. The molecule has 0 unspecified atom stereocenters. The third-order valence-corrected chi connectivity index (χ3v) is 2.84. The summed E-state index contributed by atoms with van der Waals surface area (Å²) in [6, 6.07) is 4.00. The van der Waals surface area contributed by atoms with Gasteiger partial charge in [-0.1, -0.05) is 6.07 Å². The number of rotatable bonds is 2. The molecule has 0 radical (unpaired) electrons. The largest absolute Gasteiger partial charge is 0.316 e. The van der Waals surface area contributed by atoms with Gasteiger partial charge in [-0.05, 0) is 43.1 Å². The molecule has 0 saturated heterocycles. The van der Waals surface area contributed by atoms with Gasteiger partial charge in [-0.15, -0.1) is 0 Å². The molecule has 0 aliphatic heterocycles. The number of hydrogen-bond donors (Lipinski definition) is 0. The SMILES string of the molecule is Cc1ccc(F)cc1-c1nc(Cl)nc(C)c1[N+](=O)[O-]. The number of hydrogen-bond acceptors (Lipinski definition) is 4. The van der Waals surface area contributed by atoms with Gasteiger partial charge in [0.15, 0.2) is 5.69 Å². The van der Waals surface area contributed by atoms with Crippen LogP contribution in [0.25, 0.3) is 11.3 Å². The van der Waals surface area contributed by atoms with E-state index in [4.69, 9.17) is 11.6 Å². The highest BCUT2D eigenvalue weighted by atomic mass is 35.5. The minimum atomic E-state index is -0.592. The monoisotopic (exact) mass is 281 g/mol. The first-order chi connectivity index (χ1) is 8.90. The average molecular weight is 282 g/mol. The van der Waals surface area contributed by atoms with E-state index in [9.17, 15) is 14.5 Å². The maximum absolute atomic E-state index is 13.3. The van der Waals surface area contributed by atoms with Gasteiger partial charge in [-0.2, -0.15) is 0 Å². The van der Waals surface area contributed by atoms with E-state index in [2.05, 4.69) is 9.97 Å². The first kappa shape index (κ1) is 13.4. The fourth-order valence-electron chi connectivity index (χ4n) is 1.79. The number of nitro groups is 1. The van der Waals surface area contributed by atoms with E-state index in [0.717, 1.165) is 0 Å². The molecule has 1 aromatic carbocycles. The standard InChI is InChI=1S/C12H9ClFN3O2/c1-6-3-4-8(14)5-9(6)10-11(17(18)19)7(2)15-12(13)16-10/h3-5H,1-2H3. The van der Waals surface area contributed by atoms with Crippen molar-refractivity contribution in [3.63, 3.8) is 0 Å². The third kappa shape index (κ3) is 2.53. The fourth-order valence-corrected chi connectivity index (χ4v) is 2.00. The average Bonchev–Trinajstić information content (AvgIpc) is 2.30. The fraction of sp³-hybridized carbons (Fsp3) is 0.167. The highest BCUT2D eigenvalue weighted by Gasteiger charge is 2.24. The van der Waals surface area contributed by atoms with Crippen LogP contribution in [-0.4, -0.2) is 14.9 Å². The van der Waals surface area contributed by atoms with Crippen LogP contribution < -0.4 is 0 Å². The Kier molecular flexibility index (Phi) is 3.44. The molecule has 0 N–H and O–H groups in total. The number of benzene rings is 1. The Labute approximate surface area is 113 Å². The summed E-state index contributed by atoms with van der Waals surface area (Å²) in [5.41, 5.74) is 0.902. The van der Waals surface area contributed by atoms with Crippen molar-refractivity contribution >= 4 is 17.3 Å². The number of aryl methyl sites for hydroxylation is 2. The summed E-state index contributed by atoms with van der Waals surface area (Å²) in [7, 11) is 0. The van der Waals surface area contributed by atoms with Gasteiger partial charge in [0.05, 0.1) is 4.92 Å². The van der Waals surface area contributed by atoms with Gasteiger partial charge in [-0.25, -0.2) is 14.4 Å². The predicted octanol–water partition coefficient (Wildman–Crippen LogP) is 3.46. The minimum Gasteiger partial charge on any atom is -0.258 e. The molecule has 1 aromatic heterocycles. The molecular formula is C12H9ClFN3O2. The van der Waals surface area contributed by atoms with Crippen LogP contribution in [0, 0.1) is 29.8 Å². The lowest BCUT2D eigenvalue weighted by Crippen LogP contribution is -2.02. The molecule has 0 bridgehead atoms. The van der Waals surface area contributed by atoms with E-state index in [1.165, 1.54) is 25.1 Å². The lowest BCUT2D eigenvalue weighted by Gasteiger charge is -2.08. The minimum absolute atomic E-state index is 0.0273. The molecule has 0 saturated carbocycles. The summed E-state index contributed by atoms with van der Waals surface area (Å²) < 4.78 is 13.3. The molecule has 0 spiro atoms. The molecule has 2 rings (SSSR count). The molecular weight excluding hydrogens is 273 g/mol. The molecule has 0 atom stereocenters. The Morgan fingerprint density at radius 1 is 1.32 bits per heavy atom. The van der Waals surface area contributed by atoms with Crippen molar-refractivity contribution in [3.8, 4) is 11.3 Å². The zero-order valence-corrected chi connectivity index (χ0v) is 10.9.